The Labute approximate surface area is 85.6 Å². The average molecular weight is 190 g/mol. The molecule has 1 rings (SSSR count). The molecule has 0 aliphatic carbocycles. The predicted octanol–water partition coefficient (Wildman–Crippen LogP) is 0.621. The molecule has 0 saturated carbocycles. The van der Waals surface area contributed by atoms with Crippen LogP contribution in [0.15, 0.2) is 42.9 Å². The first kappa shape index (κ1) is 10.7. The van der Waals surface area contributed by atoms with E-state index >= 15 is 0 Å². The lowest BCUT2D eigenvalue weighted by molar-refractivity contribution is -0.671. The quantitative estimate of drug-likeness (QED) is 0.533. The second kappa shape index (κ2) is 5.35. The molecule has 0 aromatic carbocycles. The van der Waals surface area contributed by atoms with E-state index in [4.69, 9.17) is 0 Å². The van der Waals surface area contributed by atoms with Gasteiger partial charge in [-0.05, 0) is 24.1 Å². The molecule has 74 valence electrons. The molecule has 0 bridgehead atoms. The van der Waals surface area contributed by atoms with E-state index in [0.29, 0.717) is 0 Å². The van der Waals surface area contributed by atoms with Crippen LogP contribution in [0.25, 0.3) is 5.57 Å². The van der Waals surface area contributed by atoms with Crippen LogP contribution in [-0.4, -0.2) is 7.05 Å². The van der Waals surface area contributed by atoms with E-state index in [9.17, 15) is 0 Å². The zero-order chi connectivity index (χ0) is 10.4. The van der Waals surface area contributed by atoms with Gasteiger partial charge < -0.3 is 5.32 Å². The minimum atomic E-state index is 1.25. The van der Waals surface area contributed by atoms with E-state index in [2.05, 4.69) is 49.8 Å². The number of hydrogen-bond donors (Lipinski definition) is 1. The molecule has 0 radical (unpaired) electrons. The summed E-state index contributed by atoms with van der Waals surface area (Å²) in [6, 6.07) is 4.24. The average Bonchev–Trinajstić information content (AvgIpc) is 2.21. The molecule has 1 aromatic heterocycles. The smallest absolute Gasteiger partial charge is 0.169 e. The standard InChI is InChI=1S/C12H17N2/c1-4-11(5-8-13-2)12-6-9-14(3)10-7-12/h4-10,13H,1-3H3/q+1/p+1/b8-5-,11-4+. The second-order valence-corrected chi connectivity index (χ2v) is 3.19. The Balaban J connectivity index is 2.91. The third kappa shape index (κ3) is 2.82. The monoisotopic (exact) mass is 190 g/mol. The fourth-order valence-electron chi connectivity index (χ4n) is 1.25. The minimum absolute atomic E-state index is 1.25. The number of aryl methyl sites for hydroxylation is 1. The molecule has 2 N–H and O–H groups in total. The Morgan fingerprint density at radius 2 is 2.00 bits per heavy atom. The molecular weight excluding hydrogens is 172 g/mol. The van der Waals surface area contributed by atoms with Crippen molar-refractivity contribution in [1.29, 1.82) is 0 Å². The predicted molar refractivity (Wildman–Crippen MR) is 58.3 cm³/mol. The summed E-state index contributed by atoms with van der Waals surface area (Å²) < 4.78 is 2.03. The summed E-state index contributed by atoms with van der Waals surface area (Å²) in [5.74, 6) is 0. The first-order valence-corrected chi connectivity index (χ1v) is 4.86. The van der Waals surface area contributed by atoms with Gasteiger partial charge in [0.1, 0.15) is 7.05 Å². The highest BCUT2D eigenvalue weighted by Crippen LogP contribution is 2.12. The molecule has 0 fully saturated rings. The van der Waals surface area contributed by atoms with Crippen LogP contribution in [0.3, 0.4) is 0 Å². The number of nitrogens with two attached hydrogens (primary N) is 1. The van der Waals surface area contributed by atoms with Gasteiger partial charge in [-0.15, -0.1) is 0 Å². The summed E-state index contributed by atoms with van der Waals surface area (Å²) >= 11 is 0. The number of quaternary nitrogens is 1. The zero-order valence-corrected chi connectivity index (χ0v) is 9.07. The van der Waals surface area contributed by atoms with Crippen molar-refractivity contribution >= 4 is 5.57 Å². The van der Waals surface area contributed by atoms with Crippen molar-refractivity contribution in [3.8, 4) is 0 Å². The van der Waals surface area contributed by atoms with Crippen LogP contribution >= 0.6 is 0 Å². The Bertz CT molecular complexity index is 334. The summed E-state index contributed by atoms with van der Waals surface area (Å²) in [6.07, 6.45) is 10.4. The highest BCUT2D eigenvalue weighted by molar-refractivity contribution is 5.72. The Kier molecular flexibility index (Phi) is 4.08. The first-order chi connectivity index (χ1) is 6.77. The van der Waals surface area contributed by atoms with Crippen LogP contribution in [0.1, 0.15) is 12.5 Å². The number of pyridine rings is 1. The number of allylic oxidation sites excluding steroid dienone is 3. The maximum Gasteiger partial charge on any atom is 0.169 e. The third-order valence-electron chi connectivity index (χ3n) is 2.09. The van der Waals surface area contributed by atoms with Crippen LogP contribution in [-0.2, 0) is 7.05 Å². The number of rotatable bonds is 3. The first-order valence-electron chi connectivity index (χ1n) is 4.86. The lowest BCUT2D eigenvalue weighted by atomic mass is 10.1. The molecule has 0 amide bonds. The van der Waals surface area contributed by atoms with Crippen molar-refractivity contribution in [2.75, 3.05) is 7.05 Å². The molecule has 0 aliphatic rings. The highest BCUT2D eigenvalue weighted by atomic mass is 14.9. The van der Waals surface area contributed by atoms with E-state index in [0.717, 1.165) is 0 Å². The molecule has 14 heavy (non-hydrogen) atoms. The molecule has 1 aromatic rings. The molecule has 0 atom stereocenters. The van der Waals surface area contributed by atoms with Gasteiger partial charge in [-0.1, -0.05) is 6.08 Å². The maximum atomic E-state index is 2.12. The summed E-state index contributed by atoms with van der Waals surface area (Å²) in [4.78, 5) is 0. The van der Waals surface area contributed by atoms with Gasteiger partial charge in [-0.25, -0.2) is 4.57 Å². The van der Waals surface area contributed by atoms with Gasteiger partial charge in [0, 0.05) is 12.1 Å². The lowest BCUT2D eigenvalue weighted by Gasteiger charge is -1.98. The van der Waals surface area contributed by atoms with Crippen molar-refractivity contribution in [3.05, 3.63) is 48.4 Å². The molecule has 2 nitrogen and oxygen atoms in total. The molecule has 2 heteroatoms. The van der Waals surface area contributed by atoms with Crippen LogP contribution < -0.4 is 9.88 Å². The van der Waals surface area contributed by atoms with E-state index in [-0.39, 0.29) is 0 Å². The Hall–Kier alpha value is -1.41. The Morgan fingerprint density at radius 1 is 1.36 bits per heavy atom. The van der Waals surface area contributed by atoms with Crippen LogP contribution in [0.5, 0.6) is 0 Å². The van der Waals surface area contributed by atoms with Crippen LogP contribution in [0.2, 0.25) is 0 Å². The number of aromatic nitrogens is 1. The van der Waals surface area contributed by atoms with Crippen LogP contribution in [0.4, 0.5) is 0 Å². The van der Waals surface area contributed by atoms with Gasteiger partial charge in [-0.3, -0.25) is 0 Å². The van der Waals surface area contributed by atoms with Gasteiger partial charge in [0.25, 0.3) is 0 Å². The Morgan fingerprint density at radius 3 is 2.50 bits per heavy atom. The van der Waals surface area contributed by atoms with Gasteiger partial charge >= 0.3 is 0 Å². The molecule has 1 heterocycles. The molecule has 0 saturated heterocycles. The fourth-order valence-corrected chi connectivity index (χ4v) is 1.25. The van der Waals surface area contributed by atoms with Crippen molar-refractivity contribution in [1.82, 2.24) is 0 Å². The summed E-state index contributed by atoms with van der Waals surface area (Å²) in [5.41, 5.74) is 2.51. The van der Waals surface area contributed by atoms with Crippen molar-refractivity contribution in [3.63, 3.8) is 0 Å². The third-order valence-corrected chi connectivity index (χ3v) is 2.09. The van der Waals surface area contributed by atoms with Crippen molar-refractivity contribution in [2.24, 2.45) is 7.05 Å². The number of hydrogen-bond acceptors (Lipinski definition) is 0. The molecular formula is C12H18N2+2. The lowest BCUT2D eigenvalue weighted by Crippen LogP contribution is -2.72. The van der Waals surface area contributed by atoms with E-state index in [1.807, 2.05) is 24.0 Å². The molecule has 0 spiro atoms. The van der Waals surface area contributed by atoms with Gasteiger partial charge in [0.15, 0.2) is 12.4 Å². The summed E-state index contributed by atoms with van der Waals surface area (Å²) in [7, 11) is 4.05. The number of nitrogens with zero attached hydrogens (tertiary/aromatic N) is 1. The summed E-state index contributed by atoms with van der Waals surface area (Å²) in [6.45, 7) is 2.06. The largest absolute Gasteiger partial charge is 0.322 e. The molecule has 0 unspecified atom stereocenters. The maximum absolute atomic E-state index is 2.12. The van der Waals surface area contributed by atoms with Gasteiger partial charge in [0.2, 0.25) is 0 Å². The van der Waals surface area contributed by atoms with Crippen molar-refractivity contribution in [2.45, 2.75) is 6.92 Å². The minimum Gasteiger partial charge on any atom is -0.322 e. The highest BCUT2D eigenvalue weighted by Gasteiger charge is 1.98. The zero-order valence-electron chi connectivity index (χ0n) is 9.07. The topological polar surface area (TPSA) is 20.5 Å². The van der Waals surface area contributed by atoms with Crippen molar-refractivity contribution < 1.29 is 9.88 Å². The van der Waals surface area contributed by atoms with Gasteiger partial charge in [0.05, 0.1) is 13.2 Å². The summed E-state index contributed by atoms with van der Waals surface area (Å²) in [5, 5.41) is 2.03. The molecule has 0 aliphatic heterocycles. The normalized spacial score (nSPS) is 12.4. The van der Waals surface area contributed by atoms with E-state index in [1.54, 1.807) is 0 Å². The second-order valence-electron chi connectivity index (χ2n) is 3.19. The van der Waals surface area contributed by atoms with E-state index < -0.39 is 0 Å². The van der Waals surface area contributed by atoms with Gasteiger partial charge in [-0.2, -0.15) is 0 Å². The van der Waals surface area contributed by atoms with E-state index in [1.165, 1.54) is 11.1 Å². The fraction of sp³-hybridized carbons (Fsp3) is 0.250. The SMILES string of the molecule is C/C=C(\C=C/[NH2+]C)c1cc[n+](C)cc1. The van der Waals surface area contributed by atoms with Crippen LogP contribution in [0, 0.1) is 0 Å².